The van der Waals surface area contributed by atoms with Gasteiger partial charge in [-0.3, -0.25) is 9.48 Å². The second-order valence-electron chi connectivity index (χ2n) is 6.85. The Kier molecular flexibility index (Phi) is 6.42. The first kappa shape index (κ1) is 21.5. The summed E-state index contributed by atoms with van der Waals surface area (Å²) < 4.78 is 31.1. The van der Waals surface area contributed by atoms with Crippen molar-refractivity contribution in [3.8, 4) is 11.5 Å². The van der Waals surface area contributed by atoms with E-state index in [4.69, 9.17) is 25.5 Å². The quantitative estimate of drug-likeness (QED) is 0.397. The molecule has 0 saturated heterocycles. The van der Waals surface area contributed by atoms with Crippen molar-refractivity contribution in [3.63, 3.8) is 0 Å². The Morgan fingerprint density at radius 2 is 1.94 bits per heavy atom. The standard InChI is InChI=1S/C23H19ClFN3O4/c1-30-18-4-6-19(7-5-18)31-14-20-8-9-22(32-20)23(29)27-17-11-26-28(13-17)12-15-2-3-16(25)10-21(15)24/h2-11,13H,12,14H2,1H3,(H,27,29). The molecule has 0 saturated carbocycles. The molecule has 0 spiro atoms. The number of halogens is 2. The molecule has 0 aliphatic carbocycles. The van der Waals surface area contributed by atoms with E-state index in [1.807, 2.05) is 0 Å². The molecule has 2 aromatic heterocycles. The number of aromatic nitrogens is 2. The normalized spacial score (nSPS) is 10.7. The van der Waals surface area contributed by atoms with Crippen molar-refractivity contribution in [2.24, 2.45) is 0 Å². The number of carbonyl (C=O) groups is 1. The van der Waals surface area contributed by atoms with Crippen LogP contribution in [0.5, 0.6) is 11.5 Å². The molecule has 9 heteroatoms. The summed E-state index contributed by atoms with van der Waals surface area (Å²) in [6.07, 6.45) is 3.15. The molecule has 32 heavy (non-hydrogen) atoms. The molecule has 0 radical (unpaired) electrons. The van der Waals surface area contributed by atoms with E-state index in [1.54, 1.807) is 60.5 Å². The first-order chi connectivity index (χ1) is 15.5. The third-order valence-corrected chi connectivity index (χ3v) is 4.92. The van der Waals surface area contributed by atoms with Gasteiger partial charge in [0.2, 0.25) is 0 Å². The van der Waals surface area contributed by atoms with Gasteiger partial charge >= 0.3 is 0 Å². The third kappa shape index (κ3) is 5.28. The second kappa shape index (κ2) is 9.57. The smallest absolute Gasteiger partial charge is 0.291 e. The number of anilines is 1. The van der Waals surface area contributed by atoms with E-state index >= 15 is 0 Å². The number of amides is 1. The Labute approximate surface area is 188 Å². The first-order valence-corrected chi connectivity index (χ1v) is 10.0. The van der Waals surface area contributed by atoms with Gasteiger partial charge in [0.25, 0.3) is 5.91 Å². The molecule has 0 atom stereocenters. The lowest BCUT2D eigenvalue weighted by Gasteiger charge is -2.05. The van der Waals surface area contributed by atoms with Gasteiger partial charge in [-0.05, 0) is 54.1 Å². The lowest BCUT2D eigenvalue weighted by atomic mass is 10.2. The topological polar surface area (TPSA) is 78.5 Å². The SMILES string of the molecule is COc1ccc(OCc2ccc(C(=O)Nc3cnn(Cc4ccc(F)cc4Cl)c3)o2)cc1. The van der Waals surface area contributed by atoms with E-state index in [2.05, 4.69) is 10.4 Å². The van der Waals surface area contributed by atoms with E-state index in [0.29, 0.717) is 34.3 Å². The monoisotopic (exact) mass is 455 g/mol. The molecule has 0 fully saturated rings. The Balaban J connectivity index is 1.33. The number of furan rings is 1. The van der Waals surface area contributed by atoms with Crippen LogP contribution in [-0.4, -0.2) is 22.8 Å². The summed E-state index contributed by atoms with van der Waals surface area (Å²) in [5.74, 6) is 1.22. The first-order valence-electron chi connectivity index (χ1n) is 9.63. The highest BCUT2D eigenvalue weighted by Gasteiger charge is 2.13. The van der Waals surface area contributed by atoms with Crippen LogP contribution in [0.2, 0.25) is 5.02 Å². The summed E-state index contributed by atoms with van der Waals surface area (Å²) in [7, 11) is 1.59. The van der Waals surface area contributed by atoms with Crippen LogP contribution in [0, 0.1) is 5.82 Å². The summed E-state index contributed by atoms with van der Waals surface area (Å²) in [4.78, 5) is 12.5. The van der Waals surface area contributed by atoms with Crippen LogP contribution in [0.25, 0.3) is 0 Å². The van der Waals surface area contributed by atoms with Crippen molar-refractivity contribution < 1.29 is 23.1 Å². The Bertz CT molecular complexity index is 1220. The number of benzene rings is 2. The van der Waals surface area contributed by atoms with Crippen LogP contribution in [0.1, 0.15) is 21.9 Å². The van der Waals surface area contributed by atoms with Crippen molar-refractivity contribution in [1.82, 2.24) is 9.78 Å². The maximum absolute atomic E-state index is 13.2. The molecule has 1 amide bonds. The second-order valence-corrected chi connectivity index (χ2v) is 7.25. The van der Waals surface area contributed by atoms with Gasteiger partial charge in [0.15, 0.2) is 5.76 Å². The zero-order valence-electron chi connectivity index (χ0n) is 17.0. The van der Waals surface area contributed by atoms with Crippen molar-refractivity contribution in [2.75, 3.05) is 12.4 Å². The molecule has 164 valence electrons. The predicted octanol–water partition coefficient (Wildman–Crippen LogP) is 5.16. The molecule has 0 aliphatic heterocycles. The molecule has 4 aromatic rings. The highest BCUT2D eigenvalue weighted by atomic mass is 35.5. The Morgan fingerprint density at radius 1 is 1.16 bits per heavy atom. The fourth-order valence-corrected chi connectivity index (χ4v) is 3.16. The van der Waals surface area contributed by atoms with Crippen LogP contribution in [-0.2, 0) is 13.2 Å². The van der Waals surface area contributed by atoms with Crippen LogP contribution in [0.3, 0.4) is 0 Å². The molecule has 2 aromatic carbocycles. The number of rotatable bonds is 8. The van der Waals surface area contributed by atoms with E-state index in [0.717, 1.165) is 5.75 Å². The number of ether oxygens (including phenoxy) is 2. The number of carbonyl (C=O) groups excluding carboxylic acids is 1. The third-order valence-electron chi connectivity index (χ3n) is 4.56. The lowest BCUT2D eigenvalue weighted by Crippen LogP contribution is -2.10. The van der Waals surface area contributed by atoms with Gasteiger partial charge in [-0.1, -0.05) is 17.7 Å². The maximum Gasteiger partial charge on any atom is 0.291 e. The minimum Gasteiger partial charge on any atom is -0.497 e. The molecular weight excluding hydrogens is 437 g/mol. The summed E-state index contributed by atoms with van der Waals surface area (Å²) >= 11 is 6.05. The molecule has 1 N–H and O–H groups in total. The largest absolute Gasteiger partial charge is 0.497 e. The fourth-order valence-electron chi connectivity index (χ4n) is 2.94. The van der Waals surface area contributed by atoms with Gasteiger partial charge in [-0.2, -0.15) is 5.10 Å². The summed E-state index contributed by atoms with van der Waals surface area (Å²) in [5.41, 5.74) is 1.20. The number of nitrogens with zero attached hydrogens (tertiary/aromatic N) is 2. The van der Waals surface area contributed by atoms with Crippen molar-refractivity contribution in [2.45, 2.75) is 13.2 Å². The highest BCUT2D eigenvalue weighted by molar-refractivity contribution is 6.31. The van der Waals surface area contributed by atoms with E-state index in [9.17, 15) is 9.18 Å². The van der Waals surface area contributed by atoms with Gasteiger partial charge < -0.3 is 19.2 Å². The van der Waals surface area contributed by atoms with Gasteiger partial charge in [0, 0.05) is 11.2 Å². The van der Waals surface area contributed by atoms with Crippen LogP contribution >= 0.6 is 11.6 Å². The lowest BCUT2D eigenvalue weighted by molar-refractivity contribution is 0.0992. The molecule has 0 unspecified atom stereocenters. The van der Waals surface area contributed by atoms with Crippen molar-refractivity contribution in [1.29, 1.82) is 0 Å². The van der Waals surface area contributed by atoms with Gasteiger partial charge in [0.1, 0.15) is 29.7 Å². The molecule has 0 bridgehead atoms. The van der Waals surface area contributed by atoms with Crippen LogP contribution < -0.4 is 14.8 Å². The number of nitrogens with one attached hydrogen (secondary N) is 1. The summed E-state index contributed by atoms with van der Waals surface area (Å²) in [5, 5.41) is 7.23. The van der Waals surface area contributed by atoms with E-state index in [-0.39, 0.29) is 12.4 Å². The van der Waals surface area contributed by atoms with Gasteiger partial charge in [-0.25, -0.2) is 4.39 Å². The van der Waals surface area contributed by atoms with E-state index < -0.39 is 11.7 Å². The van der Waals surface area contributed by atoms with E-state index in [1.165, 1.54) is 18.3 Å². The minimum atomic E-state index is -0.417. The molecular formula is C23H19ClFN3O4. The Morgan fingerprint density at radius 3 is 2.69 bits per heavy atom. The average molecular weight is 456 g/mol. The molecule has 4 rings (SSSR count). The average Bonchev–Trinajstić information content (AvgIpc) is 3.44. The maximum atomic E-state index is 13.2. The molecule has 7 nitrogen and oxygen atoms in total. The van der Waals surface area contributed by atoms with Crippen LogP contribution in [0.15, 0.2) is 71.4 Å². The van der Waals surface area contributed by atoms with Crippen LogP contribution in [0.4, 0.5) is 10.1 Å². The minimum absolute atomic E-state index is 0.146. The summed E-state index contributed by atoms with van der Waals surface area (Å²) in [6, 6.07) is 14.6. The van der Waals surface area contributed by atoms with Crippen molar-refractivity contribution in [3.05, 3.63) is 94.9 Å². The number of hydrogen-bond acceptors (Lipinski definition) is 5. The van der Waals surface area contributed by atoms with Crippen molar-refractivity contribution >= 4 is 23.2 Å². The summed E-state index contributed by atoms with van der Waals surface area (Å²) in [6.45, 7) is 0.512. The van der Waals surface area contributed by atoms with Gasteiger partial charge in [0.05, 0.1) is 25.5 Å². The zero-order valence-corrected chi connectivity index (χ0v) is 17.8. The molecule has 2 heterocycles. The number of methoxy groups -OCH3 is 1. The number of hydrogen-bond donors (Lipinski definition) is 1. The predicted molar refractivity (Wildman–Crippen MR) is 117 cm³/mol. The van der Waals surface area contributed by atoms with Gasteiger partial charge in [-0.15, -0.1) is 0 Å². The Hall–Kier alpha value is -3.78. The highest BCUT2D eigenvalue weighted by Crippen LogP contribution is 2.20. The zero-order chi connectivity index (χ0) is 22.5. The molecule has 0 aliphatic rings. The fraction of sp³-hybridized carbons (Fsp3) is 0.130.